The van der Waals surface area contributed by atoms with E-state index in [9.17, 15) is 24.5 Å². The number of hydrogen-bond donors (Lipinski definition) is 1. The average molecular weight is 480 g/mol. The number of carbonyl (C=O) groups excluding carboxylic acids is 3. The van der Waals surface area contributed by atoms with E-state index in [1.165, 1.54) is 31.2 Å². The van der Waals surface area contributed by atoms with Gasteiger partial charge in [0.05, 0.1) is 9.83 Å². The van der Waals surface area contributed by atoms with Crippen molar-refractivity contribution in [1.29, 1.82) is 0 Å². The van der Waals surface area contributed by atoms with Crippen LogP contribution >= 0.6 is 35.0 Å². The molecule has 0 radical (unpaired) electrons. The summed E-state index contributed by atoms with van der Waals surface area (Å²) in [5.41, 5.74) is 0.525. The van der Waals surface area contributed by atoms with Crippen LogP contribution in [-0.2, 0) is 4.79 Å². The first kappa shape index (κ1) is 22.8. The minimum Gasteiger partial charge on any atom is -0.350 e. The van der Waals surface area contributed by atoms with Gasteiger partial charge in [-0.1, -0.05) is 41.4 Å². The molecule has 2 aromatic rings. The molecule has 2 aromatic carbocycles. The molecule has 1 aliphatic heterocycles. The number of halogens is 2. The van der Waals surface area contributed by atoms with E-state index in [1.54, 1.807) is 18.2 Å². The van der Waals surface area contributed by atoms with Crippen molar-refractivity contribution in [3.63, 3.8) is 0 Å². The summed E-state index contributed by atoms with van der Waals surface area (Å²) in [6, 6.07) is 9.20. The van der Waals surface area contributed by atoms with E-state index in [1.807, 2.05) is 0 Å². The molecule has 1 aliphatic rings. The number of para-hydroxylation sites is 1. The zero-order valence-electron chi connectivity index (χ0n) is 16.1. The van der Waals surface area contributed by atoms with Crippen LogP contribution in [0.25, 0.3) is 6.08 Å². The highest BCUT2D eigenvalue weighted by molar-refractivity contribution is 8.18. The molecule has 0 spiro atoms. The smallest absolute Gasteiger partial charge is 0.293 e. The molecule has 11 heteroatoms. The second-order valence-electron chi connectivity index (χ2n) is 6.48. The number of nitro groups is 1. The Morgan fingerprint density at radius 2 is 2.00 bits per heavy atom. The highest BCUT2D eigenvalue weighted by atomic mass is 35.5. The SMILES string of the molecule is Cc1cccc(C(=O)NCCN2C(=O)S/C(=C\c3ccc(Cl)cc3Cl)C2=O)c1[N+](=O)[O-]. The van der Waals surface area contributed by atoms with Gasteiger partial charge in [0.15, 0.2) is 0 Å². The number of thioether (sulfide) groups is 1. The van der Waals surface area contributed by atoms with E-state index in [4.69, 9.17) is 23.2 Å². The number of imide groups is 1. The van der Waals surface area contributed by atoms with Crippen LogP contribution in [0.5, 0.6) is 0 Å². The Hall–Kier alpha value is -2.88. The Morgan fingerprint density at radius 1 is 1.26 bits per heavy atom. The lowest BCUT2D eigenvalue weighted by molar-refractivity contribution is -0.385. The summed E-state index contributed by atoms with van der Waals surface area (Å²) >= 11 is 12.7. The number of carbonyl (C=O) groups is 3. The second-order valence-corrected chi connectivity index (χ2v) is 8.32. The Bertz CT molecular complexity index is 1140. The van der Waals surface area contributed by atoms with Crippen LogP contribution in [0.15, 0.2) is 41.3 Å². The minimum atomic E-state index is -0.661. The highest BCUT2D eigenvalue weighted by Crippen LogP contribution is 2.33. The molecule has 3 rings (SSSR count). The van der Waals surface area contributed by atoms with E-state index in [0.29, 0.717) is 21.2 Å². The number of nitro benzene ring substituents is 1. The molecule has 0 aromatic heterocycles. The lowest BCUT2D eigenvalue weighted by atomic mass is 10.1. The van der Waals surface area contributed by atoms with Gasteiger partial charge in [-0.2, -0.15) is 0 Å². The van der Waals surface area contributed by atoms with E-state index in [2.05, 4.69) is 5.32 Å². The number of amides is 3. The van der Waals surface area contributed by atoms with Gasteiger partial charge in [0, 0.05) is 28.7 Å². The Kier molecular flexibility index (Phi) is 6.99. The van der Waals surface area contributed by atoms with E-state index >= 15 is 0 Å². The van der Waals surface area contributed by atoms with Gasteiger partial charge in [0.1, 0.15) is 5.56 Å². The summed E-state index contributed by atoms with van der Waals surface area (Å²) in [6.45, 7) is 1.40. The van der Waals surface area contributed by atoms with Gasteiger partial charge in [-0.15, -0.1) is 0 Å². The molecule has 1 saturated heterocycles. The fourth-order valence-corrected chi connectivity index (χ4v) is 4.23. The summed E-state index contributed by atoms with van der Waals surface area (Å²) < 4.78 is 0. The summed E-state index contributed by atoms with van der Waals surface area (Å²) in [6.07, 6.45) is 1.50. The Morgan fingerprint density at radius 3 is 2.68 bits per heavy atom. The summed E-state index contributed by atoms with van der Waals surface area (Å²) in [4.78, 5) is 49.0. The van der Waals surface area contributed by atoms with Gasteiger partial charge in [0.25, 0.3) is 22.7 Å². The third-order valence-electron chi connectivity index (χ3n) is 4.41. The maximum absolute atomic E-state index is 12.6. The second kappa shape index (κ2) is 9.51. The number of hydrogen-bond acceptors (Lipinski definition) is 6. The third kappa shape index (κ3) is 5.07. The zero-order chi connectivity index (χ0) is 22.7. The Balaban J connectivity index is 1.66. The standard InChI is InChI=1S/C20H15Cl2N3O5S/c1-11-3-2-4-14(17(11)25(29)30)18(26)23-7-8-24-19(27)16(31-20(24)28)9-12-5-6-13(21)10-15(12)22/h2-6,9-10H,7-8H2,1H3,(H,23,26)/b16-9-. The monoisotopic (exact) mass is 479 g/mol. The zero-order valence-corrected chi connectivity index (χ0v) is 18.4. The summed E-state index contributed by atoms with van der Waals surface area (Å²) in [5.74, 6) is -1.18. The Labute approximate surface area is 191 Å². The predicted octanol–water partition coefficient (Wildman–Crippen LogP) is 4.68. The fourth-order valence-electron chi connectivity index (χ4n) is 2.91. The molecule has 0 aliphatic carbocycles. The molecule has 160 valence electrons. The normalized spacial score (nSPS) is 14.9. The van der Waals surface area contributed by atoms with Crippen LogP contribution < -0.4 is 5.32 Å². The van der Waals surface area contributed by atoms with Gasteiger partial charge >= 0.3 is 0 Å². The predicted molar refractivity (Wildman–Crippen MR) is 119 cm³/mol. The summed E-state index contributed by atoms with van der Waals surface area (Å²) in [5, 5.41) is 14.1. The molecule has 1 heterocycles. The van der Waals surface area contributed by atoms with Crippen molar-refractivity contribution in [2.45, 2.75) is 6.92 Å². The lowest BCUT2D eigenvalue weighted by Gasteiger charge is -2.13. The van der Waals surface area contributed by atoms with Crippen molar-refractivity contribution in [1.82, 2.24) is 10.2 Å². The molecule has 1 N–H and O–H groups in total. The molecule has 0 bridgehead atoms. The quantitative estimate of drug-likeness (QED) is 0.366. The van der Waals surface area contributed by atoms with Crippen molar-refractivity contribution in [3.05, 3.63) is 78.2 Å². The molecule has 0 unspecified atom stereocenters. The van der Waals surface area contributed by atoms with E-state index in [0.717, 1.165) is 16.7 Å². The van der Waals surface area contributed by atoms with Gasteiger partial charge in [-0.05, 0) is 48.5 Å². The topological polar surface area (TPSA) is 110 Å². The number of aryl methyl sites for hydroxylation is 1. The number of benzene rings is 2. The molecule has 3 amide bonds. The van der Waals surface area contributed by atoms with Crippen LogP contribution in [0.3, 0.4) is 0 Å². The van der Waals surface area contributed by atoms with Gasteiger partial charge in [-0.3, -0.25) is 29.4 Å². The third-order valence-corrected chi connectivity index (χ3v) is 5.88. The van der Waals surface area contributed by atoms with Crippen LogP contribution in [0.4, 0.5) is 10.5 Å². The number of nitrogens with zero attached hydrogens (tertiary/aromatic N) is 2. The first-order valence-corrected chi connectivity index (χ1v) is 10.5. The lowest BCUT2D eigenvalue weighted by Crippen LogP contribution is -2.37. The van der Waals surface area contributed by atoms with Gasteiger partial charge < -0.3 is 5.32 Å². The summed E-state index contributed by atoms with van der Waals surface area (Å²) in [7, 11) is 0. The molecule has 0 atom stereocenters. The maximum atomic E-state index is 12.6. The fraction of sp³-hybridized carbons (Fsp3) is 0.150. The van der Waals surface area contributed by atoms with Crippen molar-refractivity contribution < 1.29 is 19.3 Å². The van der Waals surface area contributed by atoms with Crippen LogP contribution in [0, 0.1) is 17.0 Å². The van der Waals surface area contributed by atoms with Crippen LogP contribution in [-0.4, -0.2) is 40.0 Å². The van der Waals surface area contributed by atoms with Crippen molar-refractivity contribution in [2.24, 2.45) is 0 Å². The van der Waals surface area contributed by atoms with Crippen molar-refractivity contribution in [2.75, 3.05) is 13.1 Å². The van der Waals surface area contributed by atoms with E-state index in [-0.39, 0.29) is 29.2 Å². The molecule has 31 heavy (non-hydrogen) atoms. The molecular weight excluding hydrogens is 465 g/mol. The number of nitrogens with one attached hydrogen (secondary N) is 1. The van der Waals surface area contributed by atoms with E-state index < -0.39 is 22.0 Å². The largest absolute Gasteiger partial charge is 0.350 e. The van der Waals surface area contributed by atoms with Crippen LogP contribution in [0.1, 0.15) is 21.5 Å². The molecule has 1 fully saturated rings. The molecule has 0 saturated carbocycles. The first-order valence-electron chi connectivity index (χ1n) is 8.91. The van der Waals surface area contributed by atoms with Crippen molar-refractivity contribution >= 4 is 63.8 Å². The van der Waals surface area contributed by atoms with Gasteiger partial charge in [-0.25, -0.2) is 0 Å². The van der Waals surface area contributed by atoms with Crippen molar-refractivity contribution in [3.8, 4) is 0 Å². The number of rotatable bonds is 6. The molecule has 8 nitrogen and oxygen atoms in total. The minimum absolute atomic E-state index is 0.0586. The average Bonchev–Trinajstić information content (AvgIpc) is 2.96. The van der Waals surface area contributed by atoms with Gasteiger partial charge in [0.2, 0.25) is 0 Å². The first-order chi connectivity index (χ1) is 14.7. The maximum Gasteiger partial charge on any atom is 0.293 e. The van der Waals surface area contributed by atoms with Crippen LogP contribution in [0.2, 0.25) is 10.0 Å². The molecular formula is C20H15Cl2N3O5S. The highest BCUT2D eigenvalue weighted by Gasteiger charge is 2.35.